The molecule has 4 heteroatoms. The highest BCUT2D eigenvalue weighted by atomic mass is 16.4. The minimum absolute atomic E-state index is 0.0108. The first kappa shape index (κ1) is 14.2. The lowest BCUT2D eigenvalue weighted by Crippen LogP contribution is -2.03. The van der Waals surface area contributed by atoms with E-state index in [1.54, 1.807) is 18.3 Å². The third-order valence-corrected chi connectivity index (χ3v) is 3.61. The van der Waals surface area contributed by atoms with Crippen molar-refractivity contribution in [3.8, 4) is 0 Å². The van der Waals surface area contributed by atoms with Crippen LogP contribution in [0, 0.1) is 6.92 Å². The van der Waals surface area contributed by atoms with Crippen LogP contribution in [0.2, 0.25) is 0 Å². The minimum Gasteiger partial charge on any atom is -0.423 e. The van der Waals surface area contributed by atoms with Crippen molar-refractivity contribution in [3.05, 3.63) is 75.9 Å². The summed E-state index contributed by atoms with van der Waals surface area (Å²) in [6, 6.07) is 12.3. The lowest BCUT2D eigenvalue weighted by molar-refractivity contribution is 0.0982. The highest BCUT2D eigenvalue weighted by Gasteiger charge is 2.10. The van der Waals surface area contributed by atoms with Gasteiger partial charge in [-0.3, -0.25) is 9.78 Å². The molecule has 1 aromatic carbocycles. The zero-order valence-corrected chi connectivity index (χ0v) is 12.2. The number of Topliss-reactive ketones (excluding diaryl/α,β-unsaturated/α-hetero) is 1. The monoisotopic (exact) mass is 293 g/mol. The summed E-state index contributed by atoms with van der Waals surface area (Å²) in [4.78, 5) is 27.9. The molecule has 0 radical (unpaired) electrons. The molecule has 110 valence electrons. The number of hydrogen-bond donors (Lipinski definition) is 0. The second-order valence-electron chi connectivity index (χ2n) is 5.20. The number of pyridine rings is 1. The average molecular weight is 293 g/mol. The van der Waals surface area contributed by atoms with E-state index in [-0.39, 0.29) is 5.78 Å². The van der Waals surface area contributed by atoms with Gasteiger partial charge in [0.2, 0.25) is 0 Å². The number of aryl methyl sites for hydroxylation is 2. The van der Waals surface area contributed by atoms with Crippen LogP contribution in [0.3, 0.4) is 0 Å². The molecule has 2 heterocycles. The smallest absolute Gasteiger partial charge is 0.336 e. The zero-order valence-electron chi connectivity index (χ0n) is 12.2. The van der Waals surface area contributed by atoms with Crippen LogP contribution in [0.5, 0.6) is 0 Å². The maximum absolute atomic E-state index is 12.3. The molecular weight excluding hydrogens is 278 g/mol. The highest BCUT2D eigenvalue weighted by molar-refractivity contribution is 5.99. The van der Waals surface area contributed by atoms with Crippen molar-refractivity contribution in [3.63, 3.8) is 0 Å². The molecule has 0 bridgehead atoms. The Balaban J connectivity index is 1.83. The highest BCUT2D eigenvalue weighted by Crippen LogP contribution is 2.19. The van der Waals surface area contributed by atoms with Gasteiger partial charge in [-0.05, 0) is 37.1 Å². The van der Waals surface area contributed by atoms with E-state index >= 15 is 0 Å². The molecular formula is C18H15NO3. The summed E-state index contributed by atoms with van der Waals surface area (Å²) in [5, 5.41) is 0.848. The molecule has 0 amide bonds. The molecule has 0 aliphatic heterocycles. The normalized spacial score (nSPS) is 10.8. The Hall–Kier alpha value is -2.75. The van der Waals surface area contributed by atoms with Gasteiger partial charge in [-0.2, -0.15) is 0 Å². The largest absolute Gasteiger partial charge is 0.423 e. The third kappa shape index (κ3) is 2.96. The van der Waals surface area contributed by atoms with Crippen LogP contribution in [0.15, 0.2) is 57.9 Å². The molecule has 4 nitrogen and oxygen atoms in total. The van der Waals surface area contributed by atoms with Crippen molar-refractivity contribution in [2.24, 2.45) is 0 Å². The van der Waals surface area contributed by atoms with Gasteiger partial charge in [-0.1, -0.05) is 18.2 Å². The molecule has 0 saturated heterocycles. The molecule has 3 rings (SSSR count). The predicted molar refractivity (Wildman–Crippen MR) is 84.1 cm³/mol. The first-order valence-corrected chi connectivity index (χ1v) is 7.11. The standard InChI is InChI=1S/C18H15NO3/c1-12-10-18(21)22-17-11-13(5-7-15(12)17)16(20)8-6-14-4-2-3-9-19-14/h2-5,7,9-11H,6,8H2,1H3. The second kappa shape index (κ2) is 5.93. The number of aromatic nitrogens is 1. The van der Waals surface area contributed by atoms with Crippen molar-refractivity contribution < 1.29 is 9.21 Å². The average Bonchev–Trinajstić information content (AvgIpc) is 2.53. The molecule has 0 aliphatic rings. The van der Waals surface area contributed by atoms with Crippen LogP contribution in [0.25, 0.3) is 11.0 Å². The SMILES string of the molecule is Cc1cc(=O)oc2cc(C(=O)CCc3ccccn3)ccc12. The molecule has 3 aromatic rings. The van der Waals surface area contributed by atoms with Crippen LogP contribution >= 0.6 is 0 Å². The maximum Gasteiger partial charge on any atom is 0.336 e. The summed E-state index contributed by atoms with van der Waals surface area (Å²) < 4.78 is 5.18. The van der Waals surface area contributed by atoms with Crippen LogP contribution in [0.4, 0.5) is 0 Å². The van der Waals surface area contributed by atoms with Gasteiger partial charge in [-0.15, -0.1) is 0 Å². The van der Waals surface area contributed by atoms with Gasteiger partial charge in [-0.25, -0.2) is 4.79 Å². The summed E-state index contributed by atoms with van der Waals surface area (Å²) >= 11 is 0. The molecule has 0 unspecified atom stereocenters. The lowest BCUT2D eigenvalue weighted by Gasteiger charge is -2.04. The van der Waals surface area contributed by atoms with Crippen molar-refractivity contribution >= 4 is 16.8 Å². The quantitative estimate of drug-likeness (QED) is 0.547. The van der Waals surface area contributed by atoms with E-state index in [1.807, 2.05) is 31.2 Å². The topological polar surface area (TPSA) is 60.2 Å². The first-order valence-electron chi connectivity index (χ1n) is 7.11. The number of rotatable bonds is 4. The van der Waals surface area contributed by atoms with Crippen molar-refractivity contribution in [2.45, 2.75) is 19.8 Å². The Labute approximate surface area is 127 Å². The summed E-state index contributed by atoms with van der Waals surface area (Å²) in [7, 11) is 0. The van der Waals surface area contributed by atoms with Gasteiger partial charge >= 0.3 is 5.63 Å². The van der Waals surface area contributed by atoms with Crippen molar-refractivity contribution in [1.29, 1.82) is 0 Å². The van der Waals surface area contributed by atoms with Crippen LogP contribution in [-0.2, 0) is 6.42 Å². The lowest BCUT2D eigenvalue weighted by atomic mass is 10.0. The minimum atomic E-state index is -0.400. The van der Waals surface area contributed by atoms with E-state index in [0.717, 1.165) is 16.6 Å². The molecule has 0 fully saturated rings. The summed E-state index contributed by atoms with van der Waals surface area (Å²) in [5.41, 5.74) is 2.34. The molecule has 22 heavy (non-hydrogen) atoms. The number of carbonyl (C=O) groups is 1. The van der Waals surface area contributed by atoms with E-state index in [2.05, 4.69) is 4.98 Å². The van der Waals surface area contributed by atoms with Gasteiger partial charge in [0.1, 0.15) is 5.58 Å². The molecule has 0 aliphatic carbocycles. The summed E-state index contributed by atoms with van der Waals surface area (Å²) in [6.07, 6.45) is 2.68. The fraction of sp³-hybridized carbons (Fsp3) is 0.167. The third-order valence-electron chi connectivity index (χ3n) is 3.61. The fourth-order valence-electron chi connectivity index (χ4n) is 2.43. The molecule has 0 N–H and O–H groups in total. The van der Waals surface area contributed by atoms with Gasteiger partial charge in [0.25, 0.3) is 0 Å². The number of ketones is 1. The Kier molecular flexibility index (Phi) is 3.83. The van der Waals surface area contributed by atoms with Gasteiger partial charge in [0, 0.05) is 35.3 Å². The number of hydrogen-bond acceptors (Lipinski definition) is 4. The number of benzene rings is 1. The van der Waals surface area contributed by atoms with Crippen LogP contribution in [0.1, 0.15) is 28.0 Å². The van der Waals surface area contributed by atoms with E-state index in [1.165, 1.54) is 6.07 Å². The molecule has 0 atom stereocenters. The number of nitrogens with zero attached hydrogens (tertiary/aromatic N) is 1. The number of carbonyl (C=O) groups excluding carboxylic acids is 1. The van der Waals surface area contributed by atoms with E-state index < -0.39 is 5.63 Å². The fourth-order valence-corrected chi connectivity index (χ4v) is 2.43. The van der Waals surface area contributed by atoms with E-state index in [4.69, 9.17) is 4.42 Å². The first-order chi connectivity index (χ1) is 10.6. The number of fused-ring (bicyclic) bond motifs is 1. The predicted octanol–water partition coefficient (Wildman–Crippen LogP) is 3.31. The Morgan fingerprint density at radius 1 is 1.18 bits per heavy atom. The van der Waals surface area contributed by atoms with E-state index in [9.17, 15) is 9.59 Å². The zero-order chi connectivity index (χ0) is 15.5. The van der Waals surface area contributed by atoms with Gasteiger partial charge in [0.15, 0.2) is 5.78 Å². The summed E-state index contributed by atoms with van der Waals surface area (Å²) in [5.74, 6) is 0.0108. The Morgan fingerprint density at radius 3 is 2.82 bits per heavy atom. The molecule has 0 saturated carbocycles. The Morgan fingerprint density at radius 2 is 2.05 bits per heavy atom. The van der Waals surface area contributed by atoms with Crippen LogP contribution in [-0.4, -0.2) is 10.8 Å². The molecule has 2 aromatic heterocycles. The van der Waals surface area contributed by atoms with Gasteiger partial charge in [0.05, 0.1) is 0 Å². The van der Waals surface area contributed by atoms with Gasteiger partial charge < -0.3 is 4.42 Å². The molecule has 0 spiro atoms. The van der Waals surface area contributed by atoms with Crippen molar-refractivity contribution in [1.82, 2.24) is 4.98 Å². The maximum atomic E-state index is 12.3. The Bertz CT molecular complexity index is 882. The van der Waals surface area contributed by atoms with Crippen molar-refractivity contribution in [2.75, 3.05) is 0 Å². The summed E-state index contributed by atoms with van der Waals surface area (Å²) in [6.45, 7) is 1.85. The van der Waals surface area contributed by atoms with Crippen LogP contribution < -0.4 is 5.63 Å². The second-order valence-corrected chi connectivity index (χ2v) is 5.20. The van der Waals surface area contributed by atoms with E-state index in [0.29, 0.717) is 24.0 Å².